The summed E-state index contributed by atoms with van der Waals surface area (Å²) in [4.78, 5) is 39.4. The lowest BCUT2D eigenvalue weighted by Gasteiger charge is -2.12. The Morgan fingerprint density at radius 2 is 1.88 bits per heavy atom. The summed E-state index contributed by atoms with van der Waals surface area (Å²) < 4.78 is 7.19. The Balaban J connectivity index is 1.50. The van der Waals surface area contributed by atoms with E-state index in [-0.39, 0.29) is 17.4 Å². The first-order chi connectivity index (χ1) is 15.4. The summed E-state index contributed by atoms with van der Waals surface area (Å²) in [5.41, 5.74) is 1.70. The van der Waals surface area contributed by atoms with Gasteiger partial charge < -0.3 is 20.4 Å². The Kier molecular flexibility index (Phi) is 7.77. The maximum absolute atomic E-state index is 12.6. The molecule has 32 heavy (non-hydrogen) atoms. The Bertz CT molecular complexity index is 1250. The lowest BCUT2D eigenvalue weighted by molar-refractivity contribution is -0.116. The number of rotatable bonds is 9. The van der Waals surface area contributed by atoms with Gasteiger partial charge in [0.05, 0.1) is 23.7 Å². The van der Waals surface area contributed by atoms with E-state index in [2.05, 4.69) is 15.6 Å². The van der Waals surface area contributed by atoms with Crippen molar-refractivity contribution in [1.82, 2.24) is 9.55 Å². The van der Waals surface area contributed by atoms with Crippen LogP contribution in [0, 0.1) is 4.77 Å². The first-order valence-electron chi connectivity index (χ1n) is 10.4. The normalized spacial score (nSPS) is 10.7. The minimum absolute atomic E-state index is 0.100. The number of H-pyrrole nitrogens is 1. The first kappa shape index (κ1) is 23.2. The van der Waals surface area contributed by atoms with Crippen LogP contribution in [0.2, 0.25) is 0 Å². The van der Waals surface area contributed by atoms with Crippen molar-refractivity contribution in [2.75, 3.05) is 17.7 Å². The predicted molar refractivity (Wildman–Crippen MR) is 128 cm³/mol. The van der Waals surface area contributed by atoms with Gasteiger partial charge in [-0.25, -0.2) is 0 Å². The third kappa shape index (κ3) is 5.82. The molecule has 0 saturated carbocycles. The molecule has 8 nitrogen and oxygen atoms in total. The highest BCUT2D eigenvalue weighted by molar-refractivity contribution is 7.71. The summed E-state index contributed by atoms with van der Waals surface area (Å²) in [5, 5.41) is 6.12. The zero-order chi connectivity index (χ0) is 23.1. The van der Waals surface area contributed by atoms with Gasteiger partial charge in [-0.1, -0.05) is 18.6 Å². The highest BCUT2D eigenvalue weighted by Crippen LogP contribution is 2.28. The summed E-state index contributed by atoms with van der Waals surface area (Å²) in [6, 6.07) is 12.4. The van der Waals surface area contributed by atoms with E-state index in [1.54, 1.807) is 28.8 Å². The number of ether oxygens (including phenoxy) is 1. The molecule has 0 spiro atoms. The molecule has 0 bridgehead atoms. The molecule has 1 heterocycles. The number of nitrogens with zero attached hydrogens (tertiary/aromatic N) is 1. The van der Waals surface area contributed by atoms with Gasteiger partial charge >= 0.3 is 0 Å². The molecule has 9 heteroatoms. The second kappa shape index (κ2) is 10.7. The number of hydrogen-bond acceptors (Lipinski definition) is 5. The smallest absolute Gasteiger partial charge is 0.262 e. The second-order valence-corrected chi connectivity index (χ2v) is 7.77. The fourth-order valence-electron chi connectivity index (χ4n) is 3.43. The number of carbonyl (C=O) groups excluding carboxylic acids is 2. The third-order valence-electron chi connectivity index (χ3n) is 4.97. The molecule has 0 saturated heterocycles. The summed E-state index contributed by atoms with van der Waals surface area (Å²) in [6.45, 7) is 1.91. The van der Waals surface area contributed by atoms with Gasteiger partial charge in [0.1, 0.15) is 5.75 Å². The second-order valence-electron chi connectivity index (χ2n) is 7.39. The van der Waals surface area contributed by atoms with Crippen molar-refractivity contribution in [2.45, 2.75) is 39.2 Å². The quantitative estimate of drug-likeness (QED) is 0.332. The van der Waals surface area contributed by atoms with Crippen LogP contribution in [0.5, 0.6) is 5.75 Å². The number of aromatic amines is 1. The number of unbranched alkanes of at least 4 members (excludes halogenated alkanes) is 2. The third-order valence-corrected chi connectivity index (χ3v) is 5.29. The van der Waals surface area contributed by atoms with Gasteiger partial charge in [-0.3, -0.25) is 19.0 Å². The van der Waals surface area contributed by atoms with Crippen LogP contribution in [0.3, 0.4) is 0 Å². The Morgan fingerprint density at radius 3 is 2.62 bits per heavy atom. The minimum atomic E-state index is -0.225. The minimum Gasteiger partial charge on any atom is -0.495 e. The molecule has 3 N–H and O–H groups in total. The van der Waals surface area contributed by atoms with Crippen molar-refractivity contribution < 1.29 is 14.3 Å². The number of hydrogen-bond donors (Lipinski definition) is 3. The number of anilines is 2. The van der Waals surface area contributed by atoms with Crippen molar-refractivity contribution in [1.29, 1.82) is 0 Å². The van der Waals surface area contributed by atoms with Crippen molar-refractivity contribution >= 4 is 46.3 Å². The molecule has 0 fully saturated rings. The number of para-hydroxylation sites is 1. The van der Waals surface area contributed by atoms with Crippen LogP contribution >= 0.6 is 12.2 Å². The van der Waals surface area contributed by atoms with Gasteiger partial charge in [-0.05, 0) is 55.4 Å². The number of nitrogens with one attached hydrogen (secondary N) is 3. The zero-order valence-electron chi connectivity index (χ0n) is 18.1. The van der Waals surface area contributed by atoms with E-state index in [4.69, 9.17) is 17.0 Å². The molecule has 0 aliphatic rings. The largest absolute Gasteiger partial charge is 0.495 e. The summed E-state index contributed by atoms with van der Waals surface area (Å²) in [7, 11) is 1.51. The number of aromatic nitrogens is 2. The molecule has 0 atom stereocenters. The van der Waals surface area contributed by atoms with E-state index in [1.165, 1.54) is 14.0 Å². The van der Waals surface area contributed by atoms with E-state index in [0.29, 0.717) is 46.7 Å². The molecule has 0 aliphatic carbocycles. The van der Waals surface area contributed by atoms with Crippen molar-refractivity contribution in [2.24, 2.45) is 0 Å². The summed E-state index contributed by atoms with van der Waals surface area (Å²) in [6.07, 6.45) is 2.54. The zero-order valence-corrected chi connectivity index (χ0v) is 18.9. The molecule has 0 radical (unpaired) electrons. The lowest BCUT2D eigenvalue weighted by atomic mass is 10.1. The van der Waals surface area contributed by atoms with Crippen LogP contribution in [0.15, 0.2) is 47.3 Å². The van der Waals surface area contributed by atoms with E-state index >= 15 is 0 Å². The molecule has 0 unspecified atom stereocenters. The molecule has 1 aromatic heterocycles. The molecule has 0 aliphatic heterocycles. The molecule has 2 aromatic carbocycles. The topological polar surface area (TPSA) is 105 Å². The fraction of sp³-hybridized carbons (Fsp3) is 0.304. The Morgan fingerprint density at radius 1 is 1.09 bits per heavy atom. The van der Waals surface area contributed by atoms with E-state index in [1.807, 2.05) is 18.2 Å². The van der Waals surface area contributed by atoms with E-state index in [0.717, 1.165) is 18.4 Å². The van der Waals surface area contributed by atoms with Gasteiger partial charge in [-0.15, -0.1) is 0 Å². The lowest BCUT2D eigenvalue weighted by Crippen LogP contribution is -2.22. The Hall–Kier alpha value is -3.46. The van der Waals surface area contributed by atoms with Crippen LogP contribution in [-0.2, 0) is 16.1 Å². The van der Waals surface area contributed by atoms with Crippen LogP contribution < -0.4 is 20.9 Å². The van der Waals surface area contributed by atoms with Crippen LogP contribution in [-0.4, -0.2) is 28.5 Å². The number of amides is 2. The van der Waals surface area contributed by atoms with E-state index in [9.17, 15) is 14.4 Å². The van der Waals surface area contributed by atoms with Crippen molar-refractivity contribution in [3.63, 3.8) is 0 Å². The van der Waals surface area contributed by atoms with Gasteiger partial charge in [-0.2, -0.15) is 0 Å². The summed E-state index contributed by atoms with van der Waals surface area (Å²) >= 11 is 5.32. The molecule has 2 amide bonds. The van der Waals surface area contributed by atoms with Crippen molar-refractivity contribution in [3.05, 3.63) is 57.6 Å². The average molecular weight is 455 g/mol. The summed E-state index contributed by atoms with van der Waals surface area (Å²) in [5.74, 6) is 0.168. The number of carbonyl (C=O) groups is 2. The molecular weight excluding hydrogens is 428 g/mol. The van der Waals surface area contributed by atoms with Gasteiger partial charge in [0.2, 0.25) is 11.8 Å². The van der Waals surface area contributed by atoms with Gasteiger partial charge in [0.25, 0.3) is 5.56 Å². The van der Waals surface area contributed by atoms with Crippen molar-refractivity contribution in [3.8, 4) is 5.75 Å². The Labute approximate surface area is 190 Å². The van der Waals surface area contributed by atoms with Crippen LogP contribution in [0.1, 0.15) is 32.6 Å². The van der Waals surface area contributed by atoms with Gasteiger partial charge in [0, 0.05) is 25.6 Å². The van der Waals surface area contributed by atoms with Crippen LogP contribution in [0.4, 0.5) is 11.4 Å². The fourth-order valence-corrected chi connectivity index (χ4v) is 3.71. The van der Waals surface area contributed by atoms with E-state index < -0.39 is 0 Å². The first-order valence-corrected chi connectivity index (χ1v) is 10.8. The monoisotopic (exact) mass is 454 g/mol. The van der Waals surface area contributed by atoms with Gasteiger partial charge in [0.15, 0.2) is 4.77 Å². The number of methoxy groups -OCH3 is 1. The molecular formula is C23H26N4O4S. The maximum Gasteiger partial charge on any atom is 0.262 e. The highest BCUT2D eigenvalue weighted by atomic mass is 32.1. The highest BCUT2D eigenvalue weighted by Gasteiger charge is 2.09. The molecule has 3 rings (SSSR count). The predicted octanol–water partition coefficient (Wildman–Crippen LogP) is 4.23. The average Bonchev–Trinajstić information content (AvgIpc) is 2.75. The standard InChI is InChI=1S/C23H26N4O4S/c1-15(28)24-19-14-16(11-12-20(19)31-2)25-21(29)10-4-3-7-13-27-22(30)17-8-5-6-9-18(17)26-23(27)32/h5-6,8-9,11-12,14H,3-4,7,10,13H2,1-2H3,(H,24,28)(H,25,29)(H,26,32). The number of fused-ring (bicyclic) bond motifs is 1. The number of benzene rings is 2. The molecule has 168 valence electrons. The SMILES string of the molecule is COc1ccc(NC(=O)CCCCCn2c(=S)[nH]c3ccccc3c2=O)cc1NC(C)=O. The van der Waals surface area contributed by atoms with Crippen LogP contribution in [0.25, 0.3) is 10.9 Å². The maximum atomic E-state index is 12.6. The molecule has 3 aromatic rings.